The summed E-state index contributed by atoms with van der Waals surface area (Å²) in [6.07, 6.45) is 2.35. The highest BCUT2D eigenvalue weighted by atomic mass is 32.2. The summed E-state index contributed by atoms with van der Waals surface area (Å²) in [5.41, 5.74) is 0.702. The van der Waals surface area contributed by atoms with E-state index < -0.39 is 10.0 Å². The molecule has 1 fully saturated rings. The topological polar surface area (TPSA) is 58.5 Å². The second kappa shape index (κ2) is 5.17. The standard InChI is InChI=1S/C13H16N2O2S2/c16-19(17)12-4-2-1-3-11(12)13(15-19)14-9-10-5-7-18-8-6-10/h1-4,10H,5-9H2,(H,14,15). The second-order valence-corrected chi connectivity index (χ2v) is 7.72. The number of sulfonamides is 1. The van der Waals surface area contributed by atoms with Crippen molar-refractivity contribution in [3.63, 3.8) is 0 Å². The first kappa shape index (κ1) is 13.0. The van der Waals surface area contributed by atoms with E-state index in [-0.39, 0.29) is 0 Å². The van der Waals surface area contributed by atoms with Crippen molar-refractivity contribution >= 4 is 27.6 Å². The number of nitrogens with one attached hydrogen (secondary N) is 1. The molecule has 102 valence electrons. The van der Waals surface area contributed by atoms with Gasteiger partial charge in [-0.15, -0.1) is 0 Å². The minimum atomic E-state index is -3.39. The number of nitrogens with zero attached hydrogens (tertiary/aromatic N) is 1. The van der Waals surface area contributed by atoms with Gasteiger partial charge in [0.2, 0.25) is 0 Å². The van der Waals surface area contributed by atoms with Crippen LogP contribution in [-0.4, -0.2) is 32.3 Å². The van der Waals surface area contributed by atoms with Crippen LogP contribution in [0.4, 0.5) is 0 Å². The minimum Gasteiger partial charge on any atom is -0.267 e. The van der Waals surface area contributed by atoms with E-state index in [4.69, 9.17) is 0 Å². The molecule has 0 atom stereocenters. The third-order valence-electron chi connectivity index (χ3n) is 3.51. The summed E-state index contributed by atoms with van der Waals surface area (Å²) in [6.45, 7) is 0.715. The van der Waals surface area contributed by atoms with Gasteiger partial charge in [0.15, 0.2) is 0 Å². The third-order valence-corrected chi connectivity index (χ3v) is 5.96. The van der Waals surface area contributed by atoms with Crippen molar-refractivity contribution in [1.29, 1.82) is 0 Å². The van der Waals surface area contributed by atoms with Gasteiger partial charge in [-0.25, -0.2) is 8.42 Å². The molecule has 2 heterocycles. The van der Waals surface area contributed by atoms with E-state index in [1.165, 1.54) is 24.3 Å². The molecule has 2 aliphatic rings. The molecule has 6 heteroatoms. The smallest absolute Gasteiger partial charge is 0.263 e. The SMILES string of the molecule is O=S1(=O)NC(=NCC2CCSCC2)c2ccccc21. The van der Waals surface area contributed by atoms with Gasteiger partial charge in [-0.3, -0.25) is 9.71 Å². The molecule has 0 aromatic heterocycles. The summed E-state index contributed by atoms with van der Waals surface area (Å²) >= 11 is 1.99. The predicted molar refractivity (Wildman–Crippen MR) is 78.2 cm³/mol. The molecular formula is C13H16N2O2S2. The van der Waals surface area contributed by atoms with E-state index in [0.717, 1.165) is 0 Å². The van der Waals surface area contributed by atoms with Gasteiger partial charge in [-0.05, 0) is 42.4 Å². The zero-order chi connectivity index (χ0) is 13.3. The average Bonchev–Trinajstić information content (AvgIpc) is 2.70. The third kappa shape index (κ3) is 2.65. The van der Waals surface area contributed by atoms with Crippen LogP contribution in [0.15, 0.2) is 34.2 Å². The van der Waals surface area contributed by atoms with Crippen LogP contribution in [0.3, 0.4) is 0 Å². The number of rotatable bonds is 2. The Labute approximate surface area is 117 Å². The molecule has 0 spiro atoms. The van der Waals surface area contributed by atoms with Gasteiger partial charge in [0.25, 0.3) is 10.0 Å². The van der Waals surface area contributed by atoms with Crippen molar-refractivity contribution in [1.82, 2.24) is 4.72 Å². The van der Waals surface area contributed by atoms with E-state index in [2.05, 4.69) is 9.71 Å². The van der Waals surface area contributed by atoms with E-state index in [1.807, 2.05) is 23.9 Å². The predicted octanol–water partition coefficient (Wildman–Crippen LogP) is 1.87. The van der Waals surface area contributed by atoms with Gasteiger partial charge in [0.05, 0.1) is 4.90 Å². The van der Waals surface area contributed by atoms with Gasteiger partial charge in [-0.2, -0.15) is 11.8 Å². The number of fused-ring (bicyclic) bond motifs is 1. The van der Waals surface area contributed by atoms with Crippen molar-refractivity contribution in [2.75, 3.05) is 18.1 Å². The molecule has 3 rings (SSSR count). The molecule has 0 amide bonds. The van der Waals surface area contributed by atoms with Gasteiger partial charge in [0, 0.05) is 12.1 Å². The van der Waals surface area contributed by atoms with Crippen LogP contribution in [-0.2, 0) is 10.0 Å². The molecule has 0 saturated carbocycles. The molecule has 2 aliphatic heterocycles. The van der Waals surface area contributed by atoms with Crippen molar-refractivity contribution in [2.45, 2.75) is 17.7 Å². The summed E-state index contributed by atoms with van der Waals surface area (Å²) in [5, 5.41) is 0. The molecule has 1 aromatic rings. The minimum absolute atomic E-state index is 0.341. The van der Waals surface area contributed by atoms with Crippen LogP contribution in [0.1, 0.15) is 18.4 Å². The lowest BCUT2D eigenvalue weighted by molar-refractivity contribution is 0.503. The highest BCUT2D eigenvalue weighted by Gasteiger charge is 2.30. The van der Waals surface area contributed by atoms with Crippen LogP contribution in [0, 0.1) is 5.92 Å². The fourth-order valence-electron chi connectivity index (χ4n) is 2.40. The quantitative estimate of drug-likeness (QED) is 0.906. The normalized spacial score (nSPS) is 24.1. The molecular weight excluding hydrogens is 280 g/mol. The first-order valence-corrected chi connectivity index (χ1v) is 9.05. The van der Waals surface area contributed by atoms with E-state index in [1.54, 1.807) is 12.1 Å². The summed E-state index contributed by atoms with van der Waals surface area (Å²) in [5.74, 6) is 3.48. The number of hydrogen-bond donors (Lipinski definition) is 1. The first-order chi connectivity index (χ1) is 9.17. The van der Waals surface area contributed by atoms with Crippen LogP contribution in [0.25, 0.3) is 0 Å². The van der Waals surface area contributed by atoms with Crippen LogP contribution in [0.2, 0.25) is 0 Å². The first-order valence-electron chi connectivity index (χ1n) is 6.41. The molecule has 0 radical (unpaired) electrons. The van der Waals surface area contributed by atoms with Crippen LogP contribution >= 0.6 is 11.8 Å². The Morgan fingerprint density at radius 2 is 2.00 bits per heavy atom. The molecule has 0 unspecified atom stereocenters. The summed E-state index contributed by atoms with van der Waals surface area (Å²) in [6, 6.07) is 7.01. The Kier molecular flexibility index (Phi) is 3.54. The number of benzene rings is 1. The van der Waals surface area contributed by atoms with Crippen molar-refractivity contribution in [3.8, 4) is 0 Å². The Morgan fingerprint density at radius 3 is 2.79 bits per heavy atom. The lowest BCUT2D eigenvalue weighted by atomic mass is 10.0. The summed E-state index contributed by atoms with van der Waals surface area (Å²) < 4.78 is 26.4. The molecule has 4 nitrogen and oxygen atoms in total. The lowest BCUT2D eigenvalue weighted by Gasteiger charge is -2.19. The molecule has 19 heavy (non-hydrogen) atoms. The number of hydrogen-bond acceptors (Lipinski definition) is 4. The zero-order valence-corrected chi connectivity index (χ0v) is 12.1. The highest BCUT2D eigenvalue weighted by molar-refractivity contribution is 7.99. The summed E-state index contributed by atoms with van der Waals surface area (Å²) in [4.78, 5) is 4.84. The Balaban J connectivity index is 1.83. The molecule has 0 aliphatic carbocycles. The van der Waals surface area contributed by atoms with E-state index in [0.29, 0.717) is 28.8 Å². The van der Waals surface area contributed by atoms with E-state index in [9.17, 15) is 8.42 Å². The van der Waals surface area contributed by atoms with Gasteiger partial charge < -0.3 is 0 Å². The highest BCUT2D eigenvalue weighted by Crippen LogP contribution is 2.25. The van der Waals surface area contributed by atoms with Gasteiger partial charge in [0.1, 0.15) is 5.84 Å². The largest absolute Gasteiger partial charge is 0.267 e. The fourth-order valence-corrected chi connectivity index (χ4v) is 4.86. The van der Waals surface area contributed by atoms with Crippen molar-refractivity contribution < 1.29 is 8.42 Å². The zero-order valence-electron chi connectivity index (χ0n) is 10.5. The van der Waals surface area contributed by atoms with Crippen molar-refractivity contribution in [3.05, 3.63) is 29.8 Å². The monoisotopic (exact) mass is 296 g/mol. The van der Waals surface area contributed by atoms with Gasteiger partial charge in [-0.1, -0.05) is 12.1 Å². The van der Waals surface area contributed by atoms with Gasteiger partial charge >= 0.3 is 0 Å². The number of aliphatic imine (C=N–C) groups is 1. The maximum atomic E-state index is 11.9. The van der Waals surface area contributed by atoms with Crippen molar-refractivity contribution in [2.24, 2.45) is 10.9 Å². The Bertz CT molecular complexity index is 605. The maximum absolute atomic E-state index is 11.9. The molecule has 1 N–H and O–H groups in total. The molecule has 1 aromatic carbocycles. The van der Waals surface area contributed by atoms with Crippen LogP contribution < -0.4 is 4.72 Å². The Morgan fingerprint density at radius 1 is 1.26 bits per heavy atom. The fraction of sp³-hybridized carbons (Fsp3) is 0.462. The summed E-state index contributed by atoms with van der Waals surface area (Å²) in [7, 11) is -3.39. The second-order valence-electron chi connectivity index (χ2n) is 4.85. The molecule has 0 bridgehead atoms. The maximum Gasteiger partial charge on any atom is 0.263 e. The Hall–Kier alpha value is -1.01. The lowest BCUT2D eigenvalue weighted by Crippen LogP contribution is -2.23. The van der Waals surface area contributed by atoms with Crippen LogP contribution in [0.5, 0.6) is 0 Å². The number of thioether (sulfide) groups is 1. The molecule has 1 saturated heterocycles. The number of amidine groups is 1. The van der Waals surface area contributed by atoms with E-state index >= 15 is 0 Å². The average molecular weight is 296 g/mol.